The van der Waals surface area contributed by atoms with E-state index in [0.29, 0.717) is 11.6 Å². The monoisotopic (exact) mass is 493 g/mol. The van der Waals surface area contributed by atoms with E-state index in [2.05, 4.69) is 33.8 Å². The molecular weight excluding hydrogens is 467 g/mol. The van der Waals surface area contributed by atoms with Crippen molar-refractivity contribution < 1.29 is 18.0 Å². The summed E-state index contributed by atoms with van der Waals surface area (Å²) in [5.74, 6) is 0.355. The first-order valence-electron chi connectivity index (χ1n) is 11.0. The first kappa shape index (κ1) is 26.2. The fraction of sp³-hybridized carbons (Fsp3) is 0.148. The van der Waals surface area contributed by atoms with Gasteiger partial charge in [-0.2, -0.15) is 13.2 Å². The first-order chi connectivity index (χ1) is 17.2. The lowest BCUT2D eigenvalue weighted by Crippen LogP contribution is -2.32. The van der Waals surface area contributed by atoms with Gasteiger partial charge in [-0.1, -0.05) is 30.3 Å². The quantitative estimate of drug-likeness (QED) is 0.301. The Hall–Kier alpha value is -4.40. The van der Waals surface area contributed by atoms with E-state index in [1.54, 1.807) is 26.1 Å². The molecule has 1 amide bonds. The molecule has 36 heavy (non-hydrogen) atoms. The van der Waals surface area contributed by atoms with Crippen LogP contribution >= 0.6 is 0 Å². The predicted octanol–water partition coefficient (Wildman–Crippen LogP) is 6.50. The number of rotatable bonds is 6. The van der Waals surface area contributed by atoms with Crippen LogP contribution in [0.5, 0.6) is 0 Å². The van der Waals surface area contributed by atoms with Crippen LogP contribution in [-0.4, -0.2) is 26.5 Å². The second kappa shape index (κ2) is 11.4. The van der Waals surface area contributed by atoms with E-state index in [9.17, 15) is 18.0 Å². The molecule has 9 heteroatoms. The molecule has 0 saturated carbocycles. The van der Waals surface area contributed by atoms with Crippen LogP contribution in [0.4, 0.5) is 24.7 Å². The van der Waals surface area contributed by atoms with E-state index in [1.165, 1.54) is 29.1 Å². The molecule has 0 aliphatic rings. The Bertz CT molecular complexity index is 1300. The van der Waals surface area contributed by atoms with Crippen LogP contribution in [-0.2, 0) is 11.0 Å². The van der Waals surface area contributed by atoms with Crippen molar-refractivity contribution in [1.29, 1.82) is 0 Å². The lowest BCUT2D eigenvalue weighted by Gasteiger charge is -2.19. The number of anilines is 2. The molecule has 2 heterocycles. The number of aryl methyl sites for hydroxylation is 1. The van der Waals surface area contributed by atoms with Crippen molar-refractivity contribution in [2.45, 2.75) is 26.1 Å². The highest BCUT2D eigenvalue weighted by atomic mass is 19.4. The lowest BCUT2D eigenvalue weighted by molar-refractivity contribution is -0.137. The summed E-state index contributed by atoms with van der Waals surface area (Å²) in [6, 6.07) is 16.2. The van der Waals surface area contributed by atoms with Crippen LogP contribution in [0.3, 0.4) is 0 Å². The molecule has 2 aromatic carbocycles. The molecule has 0 aliphatic heterocycles. The van der Waals surface area contributed by atoms with Crippen molar-refractivity contribution in [2.24, 2.45) is 0 Å². The molecule has 4 aromatic rings. The zero-order valence-corrected chi connectivity index (χ0v) is 19.9. The minimum Gasteiger partial charge on any atom is -0.374 e. The number of nitrogens with one attached hydrogen (secondary N) is 2. The number of aromatic nitrogens is 3. The summed E-state index contributed by atoms with van der Waals surface area (Å²) in [6.07, 6.45) is -0.0251. The average Bonchev–Trinajstić information content (AvgIpc) is 3.31. The zero-order valence-electron chi connectivity index (χ0n) is 19.9. The molecule has 1 unspecified atom stereocenters. The van der Waals surface area contributed by atoms with Crippen molar-refractivity contribution in [3.8, 4) is 16.8 Å². The van der Waals surface area contributed by atoms with Gasteiger partial charge in [0, 0.05) is 29.8 Å². The molecule has 2 aromatic heterocycles. The van der Waals surface area contributed by atoms with Crippen LogP contribution in [0.1, 0.15) is 18.3 Å². The molecule has 4 rings (SSSR count). The van der Waals surface area contributed by atoms with Gasteiger partial charge in [-0.3, -0.25) is 4.79 Å². The van der Waals surface area contributed by atoms with Gasteiger partial charge in [0.1, 0.15) is 17.7 Å². The molecule has 0 bridgehead atoms. The topological polar surface area (TPSA) is 71.8 Å². The van der Waals surface area contributed by atoms with E-state index in [4.69, 9.17) is 0 Å². The molecular formula is C27H26F3N5O. The maximum atomic E-state index is 13.7. The van der Waals surface area contributed by atoms with Crippen molar-refractivity contribution in [3.63, 3.8) is 0 Å². The maximum absolute atomic E-state index is 13.7. The van der Waals surface area contributed by atoms with Gasteiger partial charge in [0.25, 0.3) is 0 Å². The summed E-state index contributed by atoms with van der Waals surface area (Å²) in [5.41, 5.74) is 1.21. The van der Waals surface area contributed by atoms with Crippen LogP contribution < -0.4 is 10.6 Å². The number of alkyl halides is 3. The number of carbonyl (C=O) groups is 1. The van der Waals surface area contributed by atoms with Crippen LogP contribution in [0.15, 0.2) is 92.4 Å². The molecule has 1 atom stereocenters. The Kier molecular flexibility index (Phi) is 8.26. The highest BCUT2D eigenvalue weighted by Gasteiger charge is 2.34. The Labute approximate surface area is 207 Å². The predicted molar refractivity (Wildman–Crippen MR) is 136 cm³/mol. The summed E-state index contributed by atoms with van der Waals surface area (Å²) in [5, 5.41) is 5.51. The van der Waals surface area contributed by atoms with E-state index < -0.39 is 23.7 Å². The minimum atomic E-state index is -4.58. The summed E-state index contributed by atoms with van der Waals surface area (Å²) in [4.78, 5) is 20.9. The van der Waals surface area contributed by atoms with Gasteiger partial charge in [-0.05, 0) is 49.7 Å². The average molecular weight is 494 g/mol. The molecule has 0 spiro atoms. The Morgan fingerprint density at radius 3 is 2.31 bits per heavy atom. The summed E-state index contributed by atoms with van der Waals surface area (Å²) >= 11 is 0. The molecule has 2 N–H and O–H groups in total. The van der Waals surface area contributed by atoms with Crippen LogP contribution in [0.25, 0.3) is 16.8 Å². The van der Waals surface area contributed by atoms with E-state index >= 15 is 0 Å². The van der Waals surface area contributed by atoms with Crippen molar-refractivity contribution in [3.05, 3.63) is 104 Å². The summed E-state index contributed by atoms with van der Waals surface area (Å²) in [7, 11) is 0. The fourth-order valence-corrected chi connectivity index (χ4v) is 3.51. The largest absolute Gasteiger partial charge is 0.418 e. The molecule has 186 valence electrons. The standard InChI is InChI=1S/C25H22F3N5O.C2H4/c1-16(24(34)32-23-11-8-19(15-30-23)18-6-4-3-5-7-18)31-20-9-10-22(21(14-20)25(26,27)28)33-13-12-29-17(33)2;1-2/h3-16,31H,1-2H3,(H,30,32,34);1-2H2. The second-order valence-corrected chi connectivity index (χ2v) is 7.73. The van der Waals surface area contributed by atoms with Gasteiger partial charge in [0.05, 0.1) is 11.3 Å². The summed E-state index contributed by atoms with van der Waals surface area (Å²) < 4.78 is 42.6. The molecule has 0 radical (unpaired) electrons. The fourth-order valence-electron chi connectivity index (χ4n) is 3.51. The number of nitrogens with zero attached hydrogens (tertiary/aromatic N) is 3. The van der Waals surface area contributed by atoms with Gasteiger partial charge in [-0.15, -0.1) is 13.2 Å². The normalized spacial score (nSPS) is 11.7. The van der Waals surface area contributed by atoms with Crippen molar-refractivity contribution >= 4 is 17.4 Å². The van der Waals surface area contributed by atoms with Gasteiger partial charge in [-0.25, -0.2) is 9.97 Å². The third kappa shape index (κ3) is 6.18. The number of benzene rings is 2. The number of imidazole rings is 1. The molecule has 6 nitrogen and oxygen atoms in total. The van der Waals surface area contributed by atoms with Gasteiger partial charge >= 0.3 is 6.18 Å². The number of carbonyl (C=O) groups excluding carboxylic acids is 1. The van der Waals surface area contributed by atoms with Crippen LogP contribution in [0.2, 0.25) is 0 Å². The number of hydrogen-bond acceptors (Lipinski definition) is 4. The maximum Gasteiger partial charge on any atom is 0.418 e. The van der Waals surface area contributed by atoms with Gasteiger partial charge in [0.2, 0.25) is 5.91 Å². The SMILES string of the molecule is C=C.Cc1nccn1-c1ccc(NC(C)C(=O)Nc2ccc(-c3ccccc3)cn2)cc1C(F)(F)F. The Balaban J connectivity index is 0.00000176. The summed E-state index contributed by atoms with van der Waals surface area (Å²) in [6.45, 7) is 9.19. The van der Waals surface area contributed by atoms with E-state index in [1.807, 2.05) is 36.4 Å². The van der Waals surface area contributed by atoms with Gasteiger partial charge in [0.15, 0.2) is 0 Å². The van der Waals surface area contributed by atoms with Crippen molar-refractivity contribution in [1.82, 2.24) is 14.5 Å². The van der Waals surface area contributed by atoms with Crippen molar-refractivity contribution in [2.75, 3.05) is 10.6 Å². The number of hydrogen-bond donors (Lipinski definition) is 2. The van der Waals surface area contributed by atoms with E-state index in [0.717, 1.165) is 17.2 Å². The molecule has 0 saturated heterocycles. The molecule has 0 fully saturated rings. The minimum absolute atomic E-state index is 0.0344. The number of pyridine rings is 1. The van der Waals surface area contributed by atoms with E-state index in [-0.39, 0.29) is 11.4 Å². The Morgan fingerprint density at radius 1 is 1.00 bits per heavy atom. The molecule has 0 aliphatic carbocycles. The number of halogens is 3. The lowest BCUT2D eigenvalue weighted by atomic mass is 10.1. The first-order valence-corrected chi connectivity index (χ1v) is 11.0. The highest BCUT2D eigenvalue weighted by molar-refractivity contribution is 5.95. The highest BCUT2D eigenvalue weighted by Crippen LogP contribution is 2.36. The Morgan fingerprint density at radius 2 is 1.72 bits per heavy atom. The number of amides is 1. The van der Waals surface area contributed by atoms with Gasteiger partial charge < -0.3 is 15.2 Å². The van der Waals surface area contributed by atoms with Crippen LogP contribution in [0, 0.1) is 6.92 Å². The zero-order chi connectivity index (χ0) is 26.3. The second-order valence-electron chi connectivity index (χ2n) is 7.73. The third-order valence-electron chi connectivity index (χ3n) is 5.29. The smallest absolute Gasteiger partial charge is 0.374 e. The third-order valence-corrected chi connectivity index (χ3v) is 5.29.